The normalized spacial score (nSPS) is 20.4. The molecule has 3 heterocycles. The Balaban J connectivity index is 1.41. The Labute approximate surface area is 153 Å². The van der Waals surface area contributed by atoms with E-state index in [1.807, 2.05) is 46.2 Å². The molecule has 1 N–H and O–H groups in total. The highest BCUT2D eigenvalue weighted by Crippen LogP contribution is 2.22. The van der Waals surface area contributed by atoms with E-state index in [9.17, 15) is 9.59 Å². The molecule has 0 bridgehead atoms. The molecule has 0 aliphatic carbocycles. The van der Waals surface area contributed by atoms with Gasteiger partial charge in [-0.15, -0.1) is 0 Å². The molecule has 2 aliphatic heterocycles. The van der Waals surface area contributed by atoms with Gasteiger partial charge in [0, 0.05) is 31.6 Å². The standard InChI is InChI=1S/C20H24N4O2/c25-19(22-18-10-9-15-6-1-2-8-17(15)21-18)16-7-5-13-24(14-16)20(26)23-11-3-4-12-23/h1-2,6,8-10,16H,3-5,7,11-14H2,(H,21,22,25)/t16-/m0/s1. The third-order valence-corrected chi connectivity index (χ3v) is 5.29. The molecule has 26 heavy (non-hydrogen) atoms. The average molecular weight is 352 g/mol. The van der Waals surface area contributed by atoms with Gasteiger partial charge in [0.15, 0.2) is 0 Å². The number of piperidine rings is 1. The lowest BCUT2D eigenvalue weighted by Crippen LogP contribution is -2.48. The van der Waals surface area contributed by atoms with E-state index in [2.05, 4.69) is 10.3 Å². The number of hydrogen-bond donors (Lipinski definition) is 1. The monoisotopic (exact) mass is 352 g/mol. The molecule has 6 nitrogen and oxygen atoms in total. The van der Waals surface area contributed by atoms with Crippen molar-refractivity contribution in [2.75, 3.05) is 31.5 Å². The lowest BCUT2D eigenvalue weighted by Gasteiger charge is -2.34. The van der Waals surface area contributed by atoms with Gasteiger partial charge in [-0.1, -0.05) is 18.2 Å². The SMILES string of the molecule is O=C(Nc1ccc2ccccc2n1)[C@H]1CCCN(C(=O)N2CCCC2)C1. The summed E-state index contributed by atoms with van der Waals surface area (Å²) in [6.07, 6.45) is 3.83. The Morgan fingerprint density at radius 3 is 2.58 bits per heavy atom. The summed E-state index contributed by atoms with van der Waals surface area (Å²) >= 11 is 0. The van der Waals surface area contributed by atoms with Gasteiger partial charge < -0.3 is 15.1 Å². The summed E-state index contributed by atoms with van der Waals surface area (Å²) in [7, 11) is 0. The minimum Gasteiger partial charge on any atom is -0.325 e. The molecule has 1 atom stereocenters. The Hall–Kier alpha value is -2.63. The fraction of sp³-hybridized carbons (Fsp3) is 0.450. The average Bonchev–Trinajstić information content (AvgIpc) is 3.22. The Morgan fingerprint density at radius 1 is 0.962 bits per heavy atom. The van der Waals surface area contributed by atoms with E-state index in [0.717, 1.165) is 56.2 Å². The van der Waals surface area contributed by atoms with Crippen molar-refractivity contribution in [1.82, 2.24) is 14.8 Å². The number of carbonyl (C=O) groups is 2. The smallest absolute Gasteiger partial charge is 0.320 e. The molecule has 6 heteroatoms. The highest BCUT2D eigenvalue weighted by molar-refractivity contribution is 5.93. The molecule has 0 saturated carbocycles. The van der Waals surface area contributed by atoms with Crippen molar-refractivity contribution in [1.29, 1.82) is 0 Å². The molecule has 136 valence electrons. The second-order valence-corrected chi connectivity index (χ2v) is 7.14. The maximum Gasteiger partial charge on any atom is 0.320 e. The number of fused-ring (bicyclic) bond motifs is 1. The zero-order valence-corrected chi connectivity index (χ0v) is 14.9. The van der Waals surface area contributed by atoms with Gasteiger partial charge in [0.05, 0.1) is 11.4 Å². The molecule has 0 spiro atoms. The predicted molar refractivity (Wildman–Crippen MR) is 101 cm³/mol. The van der Waals surface area contributed by atoms with E-state index in [-0.39, 0.29) is 17.9 Å². The van der Waals surface area contributed by atoms with Crippen molar-refractivity contribution >= 4 is 28.7 Å². The molecule has 1 aromatic heterocycles. The number of aromatic nitrogens is 1. The first-order valence-corrected chi connectivity index (χ1v) is 9.41. The van der Waals surface area contributed by atoms with Crippen LogP contribution in [0.1, 0.15) is 25.7 Å². The molecular weight excluding hydrogens is 328 g/mol. The van der Waals surface area contributed by atoms with Gasteiger partial charge in [0.2, 0.25) is 5.91 Å². The van der Waals surface area contributed by atoms with Crippen LogP contribution in [-0.2, 0) is 4.79 Å². The van der Waals surface area contributed by atoms with E-state index in [1.54, 1.807) is 0 Å². The number of benzene rings is 1. The quantitative estimate of drug-likeness (QED) is 0.903. The number of amides is 3. The molecule has 4 rings (SSSR count). The Bertz CT molecular complexity index is 816. The van der Waals surface area contributed by atoms with Crippen LogP contribution < -0.4 is 5.32 Å². The highest BCUT2D eigenvalue weighted by Gasteiger charge is 2.31. The number of anilines is 1. The van der Waals surface area contributed by atoms with E-state index >= 15 is 0 Å². The van der Waals surface area contributed by atoms with Crippen LogP contribution in [0.15, 0.2) is 36.4 Å². The number of pyridine rings is 1. The summed E-state index contributed by atoms with van der Waals surface area (Å²) in [4.78, 5) is 33.5. The van der Waals surface area contributed by atoms with Crippen molar-refractivity contribution < 1.29 is 9.59 Å². The first-order valence-electron chi connectivity index (χ1n) is 9.41. The second kappa shape index (κ2) is 7.32. The lowest BCUT2D eigenvalue weighted by molar-refractivity contribution is -0.121. The van der Waals surface area contributed by atoms with Crippen molar-refractivity contribution in [2.24, 2.45) is 5.92 Å². The number of urea groups is 1. The topological polar surface area (TPSA) is 65.5 Å². The van der Waals surface area contributed by atoms with E-state index in [0.29, 0.717) is 12.4 Å². The molecule has 0 radical (unpaired) electrons. The molecular formula is C20H24N4O2. The van der Waals surface area contributed by atoms with Gasteiger partial charge in [-0.25, -0.2) is 9.78 Å². The van der Waals surface area contributed by atoms with Crippen LogP contribution >= 0.6 is 0 Å². The molecule has 2 saturated heterocycles. The molecule has 2 aliphatic rings. The number of hydrogen-bond acceptors (Lipinski definition) is 3. The van der Waals surface area contributed by atoms with Crippen LogP contribution in [0, 0.1) is 5.92 Å². The van der Waals surface area contributed by atoms with Gasteiger partial charge in [0.1, 0.15) is 5.82 Å². The van der Waals surface area contributed by atoms with Crippen LogP contribution in [0.5, 0.6) is 0 Å². The summed E-state index contributed by atoms with van der Waals surface area (Å²) in [5.41, 5.74) is 0.861. The van der Waals surface area contributed by atoms with Crippen molar-refractivity contribution in [2.45, 2.75) is 25.7 Å². The number of nitrogens with one attached hydrogen (secondary N) is 1. The number of likely N-dealkylation sites (tertiary alicyclic amines) is 2. The first-order chi connectivity index (χ1) is 12.7. The summed E-state index contributed by atoms with van der Waals surface area (Å²) in [6, 6.07) is 11.7. The van der Waals surface area contributed by atoms with Crippen molar-refractivity contribution in [3.63, 3.8) is 0 Å². The summed E-state index contributed by atoms with van der Waals surface area (Å²) < 4.78 is 0. The van der Waals surface area contributed by atoms with Crippen LogP contribution in [0.3, 0.4) is 0 Å². The van der Waals surface area contributed by atoms with E-state index in [4.69, 9.17) is 0 Å². The van der Waals surface area contributed by atoms with Crippen LogP contribution in [0.4, 0.5) is 10.6 Å². The zero-order chi connectivity index (χ0) is 17.9. The summed E-state index contributed by atoms with van der Waals surface area (Å²) in [6.45, 7) is 2.92. The minimum absolute atomic E-state index is 0.0493. The van der Waals surface area contributed by atoms with Crippen molar-refractivity contribution in [3.05, 3.63) is 36.4 Å². The second-order valence-electron chi connectivity index (χ2n) is 7.14. The highest BCUT2D eigenvalue weighted by atomic mass is 16.2. The van der Waals surface area contributed by atoms with E-state index in [1.165, 1.54) is 0 Å². The fourth-order valence-electron chi connectivity index (χ4n) is 3.84. The maximum absolute atomic E-state index is 12.7. The largest absolute Gasteiger partial charge is 0.325 e. The lowest BCUT2D eigenvalue weighted by atomic mass is 9.97. The predicted octanol–water partition coefficient (Wildman–Crippen LogP) is 3.10. The minimum atomic E-state index is -0.177. The van der Waals surface area contributed by atoms with Gasteiger partial charge >= 0.3 is 6.03 Å². The number of carbonyl (C=O) groups excluding carboxylic acids is 2. The molecule has 1 aromatic carbocycles. The number of nitrogens with zero attached hydrogens (tertiary/aromatic N) is 3. The third-order valence-electron chi connectivity index (χ3n) is 5.29. The number of rotatable bonds is 2. The van der Waals surface area contributed by atoms with Gasteiger partial charge in [-0.05, 0) is 43.9 Å². The Kier molecular flexibility index (Phi) is 4.73. The van der Waals surface area contributed by atoms with Crippen LogP contribution in [-0.4, -0.2) is 52.9 Å². The summed E-state index contributed by atoms with van der Waals surface area (Å²) in [5, 5.41) is 3.98. The summed E-state index contributed by atoms with van der Waals surface area (Å²) in [5.74, 6) is 0.340. The number of para-hydroxylation sites is 1. The van der Waals surface area contributed by atoms with Gasteiger partial charge in [-0.2, -0.15) is 0 Å². The molecule has 3 amide bonds. The molecule has 0 unspecified atom stereocenters. The zero-order valence-electron chi connectivity index (χ0n) is 14.9. The van der Waals surface area contributed by atoms with E-state index < -0.39 is 0 Å². The molecule has 2 aromatic rings. The molecule has 2 fully saturated rings. The fourth-order valence-corrected chi connectivity index (χ4v) is 3.84. The Morgan fingerprint density at radius 2 is 1.73 bits per heavy atom. The third kappa shape index (κ3) is 3.49. The van der Waals surface area contributed by atoms with Crippen LogP contribution in [0.2, 0.25) is 0 Å². The first kappa shape index (κ1) is 16.8. The van der Waals surface area contributed by atoms with Crippen molar-refractivity contribution in [3.8, 4) is 0 Å². The van der Waals surface area contributed by atoms with Gasteiger partial charge in [-0.3, -0.25) is 4.79 Å². The van der Waals surface area contributed by atoms with Crippen LogP contribution in [0.25, 0.3) is 10.9 Å². The maximum atomic E-state index is 12.7. The van der Waals surface area contributed by atoms with Gasteiger partial charge in [0.25, 0.3) is 0 Å².